The summed E-state index contributed by atoms with van der Waals surface area (Å²) in [6.07, 6.45) is 0.998. The third kappa shape index (κ3) is 3.41. The molecule has 3 aromatic rings. The van der Waals surface area contributed by atoms with Gasteiger partial charge < -0.3 is 0 Å². The van der Waals surface area contributed by atoms with Gasteiger partial charge in [-0.05, 0) is 42.5 Å². The van der Waals surface area contributed by atoms with Crippen LogP contribution < -0.4 is 0 Å². The number of hydrogen-bond donors (Lipinski definition) is 0. The lowest BCUT2D eigenvalue weighted by Crippen LogP contribution is -1.90. The molecule has 0 N–H and O–H groups in total. The first-order valence-electron chi connectivity index (χ1n) is 7.42. The van der Waals surface area contributed by atoms with E-state index in [0.29, 0.717) is 0 Å². The van der Waals surface area contributed by atoms with Gasteiger partial charge in [-0.15, -0.1) is 0 Å². The SMILES string of the molecule is Cc1cc(C)cc(Cc2ccc(-c3ccccc3)cc2)c1. The van der Waals surface area contributed by atoms with E-state index in [0.717, 1.165) is 6.42 Å². The van der Waals surface area contributed by atoms with Crippen LogP contribution in [0.4, 0.5) is 0 Å². The van der Waals surface area contributed by atoms with Crippen molar-refractivity contribution in [2.75, 3.05) is 0 Å². The van der Waals surface area contributed by atoms with E-state index in [1.807, 2.05) is 0 Å². The van der Waals surface area contributed by atoms with E-state index in [9.17, 15) is 0 Å². The molecule has 0 unspecified atom stereocenters. The van der Waals surface area contributed by atoms with Gasteiger partial charge in [-0.25, -0.2) is 0 Å². The summed E-state index contributed by atoms with van der Waals surface area (Å²) < 4.78 is 0. The standard InChI is InChI=1S/C21H20/c1-16-12-17(2)14-19(13-16)15-18-8-10-21(11-9-18)20-6-4-3-5-7-20/h3-14H,15H2,1-2H3. The summed E-state index contributed by atoms with van der Waals surface area (Å²) in [5.41, 5.74) is 7.98. The van der Waals surface area contributed by atoms with Crippen molar-refractivity contribution < 1.29 is 0 Å². The zero-order chi connectivity index (χ0) is 14.7. The second-order valence-electron chi connectivity index (χ2n) is 5.74. The van der Waals surface area contributed by atoms with Crippen molar-refractivity contribution in [2.24, 2.45) is 0 Å². The normalized spacial score (nSPS) is 10.6. The summed E-state index contributed by atoms with van der Waals surface area (Å²) in [5.74, 6) is 0. The first kappa shape index (κ1) is 13.6. The monoisotopic (exact) mass is 272 g/mol. The zero-order valence-corrected chi connectivity index (χ0v) is 12.6. The van der Waals surface area contributed by atoms with Crippen LogP contribution >= 0.6 is 0 Å². The van der Waals surface area contributed by atoms with Gasteiger partial charge in [0.25, 0.3) is 0 Å². The van der Waals surface area contributed by atoms with Gasteiger partial charge in [-0.3, -0.25) is 0 Å². The summed E-state index contributed by atoms with van der Waals surface area (Å²) in [7, 11) is 0. The first-order valence-corrected chi connectivity index (χ1v) is 7.42. The van der Waals surface area contributed by atoms with E-state index in [4.69, 9.17) is 0 Å². The van der Waals surface area contributed by atoms with Crippen LogP contribution in [0, 0.1) is 13.8 Å². The summed E-state index contributed by atoms with van der Waals surface area (Å²) in [6.45, 7) is 4.32. The number of aryl methyl sites for hydroxylation is 2. The summed E-state index contributed by atoms with van der Waals surface area (Å²) >= 11 is 0. The molecule has 0 heterocycles. The molecule has 3 aromatic carbocycles. The van der Waals surface area contributed by atoms with Gasteiger partial charge in [0.05, 0.1) is 0 Å². The molecule has 0 saturated heterocycles. The number of rotatable bonds is 3. The topological polar surface area (TPSA) is 0 Å². The Bertz CT molecular complexity index is 701. The van der Waals surface area contributed by atoms with E-state index < -0.39 is 0 Å². The van der Waals surface area contributed by atoms with E-state index in [-0.39, 0.29) is 0 Å². The van der Waals surface area contributed by atoms with Crippen LogP contribution in [-0.4, -0.2) is 0 Å². The van der Waals surface area contributed by atoms with E-state index in [1.165, 1.54) is 33.4 Å². The molecule has 0 nitrogen and oxygen atoms in total. The lowest BCUT2D eigenvalue weighted by molar-refractivity contribution is 1.17. The average Bonchev–Trinajstić information content (AvgIpc) is 2.48. The summed E-state index contributed by atoms with van der Waals surface area (Å²) in [6, 6.07) is 26.2. The molecule has 104 valence electrons. The smallest absolute Gasteiger partial charge is 0.00256 e. The molecule has 0 aromatic heterocycles. The molecule has 0 heteroatoms. The highest BCUT2D eigenvalue weighted by atomic mass is 14.1. The molecule has 0 aliphatic rings. The van der Waals surface area contributed by atoms with Crippen molar-refractivity contribution in [3.63, 3.8) is 0 Å². The van der Waals surface area contributed by atoms with Crippen LogP contribution in [0.3, 0.4) is 0 Å². The Morgan fingerprint density at radius 3 is 1.76 bits per heavy atom. The predicted molar refractivity (Wildman–Crippen MR) is 90.6 cm³/mol. The molecule has 0 aliphatic carbocycles. The largest absolute Gasteiger partial charge is 0.0622 e. The third-order valence-corrected chi connectivity index (χ3v) is 3.75. The Labute approximate surface area is 127 Å². The van der Waals surface area contributed by atoms with Crippen molar-refractivity contribution in [2.45, 2.75) is 20.3 Å². The van der Waals surface area contributed by atoms with Gasteiger partial charge in [-0.1, -0.05) is 83.9 Å². The minimum absolute atomic E-state index is 0.998. The summed E-state index contributed by atoms with van der Waals surface area (Å²) in [4.78, 5) is 0. The van der Waals surface area contributed by atoms with Crippen LogP contribution in [0.1, 0.15) is 22.3 Å². The molecular weight excluding hydrogens is 252 g/mol. The molecule has 0 atom stereocenters. The van der Waals surface area contributed by atoms with E-state index in [1.54, 1.807) is 0 Å². The molecule has 0 aliphatic heterocycles. The van der Waals surface area contributed by atoms with Crippen LogP contribution in [0.2, 0.25) is 0 Å². The van der Waals surface area contributed by atoms with Crippen molar-refractivity contribution in [3.8, 4) is 11.1 Å². The van der Waals surface area contributed by atoms with Crippen LogP contribution in [0.5, 0.6) is 0 Å². The lowest BCUT2D eigenvalue weighted by atomic mass is 9.98. The fraction of sp³-hybridized carbons (Fsp3) is 0.143. The maximum Gasteiger partial charge on any atom is -0.00256 e. The third-order valence-electron chi connectivity index (χ3n) is 3.75. The summed E-state index contributed by atoms with van der Waals surface area (Å²) in [5, 5.41) is 0. The minimum atomic E-state index is 0.998. The Balaban J connectivity index is 1.81. The maximum atomic E-state index is 2.28. The molecule has 21 heavy (non-hydrogen) atoms. The molecule has 0 fully saturated rings. The van der Waals surface area contributed by atoms with Gasteiger partial charge in [0.1, 0.15) is 0 Å². The second kappa shape index (κ2) is 5.97. The number of benzene rings is 3. The van der Waals surface area contributed by atoms with E-state index in [2.05, 4.69) is 86.6 Å². The van der Waals surface area contributed by atoms with Gasteiger partial charge in [-0.2, -0.15) is 0 Å². The Kier molecular flexibility index (Phi) is 3.87. The molecule has 0 amide bonds. The van der Waals surface area contributed by atoms with Crippen LogP contribution in [0.25, 0.3) is 11.1 Å². The number of hydrogen-bond acceptors (Lipinski definition) is 0. The minimum Gasteiger partial charge on any atom is -0.0622 e. The van der Waals surface area contributed by atoms with Crippen molar-refractivity contribution in [1.82, 2.24) is 0 Å². The highest BCUT2D eigenvalue weighted by molar-refractivity contribution is 5.63. The molecule has 0 spiro atoms. The highest BCUT2D eigenvalue weighted by Gasteiger charge is 2.00. The van der Waals surface area contributed by atoms with Crippen LogP contribution in [0.15, 0.2) is 72.8 Å². The van der Waals surface area contributed by atoms with Crippen molar-refractivity contribution >= 4 is 0 Å². The van der Waals surface area contributed by atoms with Gasteiger partial charge in [0, 0.05) is 0 Å². The molecule has 3 rings (SSSR count). The van der Waals surface area contributed by atoms with Gasteiger partial charge in [0.2, 0.25) is 0 Å². The first-order chi connectivity index (χ1) is 10.2. The predicted octanol–water partition coefficient (Wildman–Crippen LogP) is 5.56. The van der Waals surface area contributed by atoms with Gasteiger partial charge >= 0.3 is 0 Å². The fourth-order valence-corrected chi connectivity index (χ4v) is 2.85. The average molecular weight is 272 g/mol. The van der Waals surface area contributed by atoms with Crippen LogP contribution in [-0.2, 0) is 6.42 Å². The van der Waals surface area contributed by atoms with Crippen molar-refractivity contribution in [1.29, 1.82) is 0 Å². The Morgan fingerprint density at radius 1 is 0.571 bits per heavy atom. The molecule has 0 bridgehead atoms. The van der Waals surface area contributed by atoms with Crippen molar-refractivity contribution in [3.05, 3.63) is 95.1 Å². The van der Waals surface area contributed by atoms with Gasteiger partial charge in [0.15, 0.2) is 0 Å². The highest BCUT2D eigenvalue weighted by Crippen LogP contribution is 2.21. The Morgan fingerprint density at radius 2 is 1.14 bits per heavy atom. The zero-order valence-electron chi connectivity index (χ0n) is 12.6. The molecular formula is C21H20. The fourth-order valence-electron chi connectivity index (χ4n) is 2.85. The Hall–Kier alpha value is -2.34. The lowest BCUT2D eigenvalue weighted by Gasteiger charge is -2.07. The molecule has 0 saturated carbocycles. The molecule has 0 radical (unpaired) electrons. The second-order valence-corrected chi connectivity index (χ2v) is 5.74. The quantitative estimate of drug-likeness (QED) is 0.585. The van der Waals surface area contributed by atoms with E-state index >= 15 is 0 Å². The maximum absolute atomic E-state index is 2.28.